The summed E-state index contributed by atoms with van der Waals surface area (Å²) in [6.45, 7) is 2.07. The molecule has 0 N–H and O–H groups in total. The quantitative estimate of drug-likeness (QED) is 0.836. The van der Waals surface area contributed by atoms with Crippen molar-refractivity contribution >= 4 is 15.7 Å². The molecule has 2 fully saturated rings. The van der Waals surface area contributed by atoms with Crippen molar-refractivity contribution in [1.82, 2.24) is 9.80 Å². The third-order valence-corrected chi connectivity index (χ3v) is 6.16. The first-order chi connectivity index (χ1) is 10.6. The molecule has 0 bridgehead atoms. The largest absolute Gasteiger partial charge is 0.335 e. The maximum absolute atomic E-state index is 12.6. The minimum Gasteiger partial charge on any atom is -0.335 e. The van der Waals surface area contributed by atoms with Gasteiger partial charge in [-0.05, 0) is 18.4 Å². The van der Waals surface area contributed by atoms with Crippen molar-refractivity contribution in [3.05, 3.63) is 35.9 Å². The van der Waals surface area contributed by atoms with Gasteiger partial charge in [-0.3, -0.25) is 9.69 Å². The molecule has 6 heteroatoms. The van der Waals surface area contributed by atoms with Crippen LogP contribution in [0.25, 0.3) is 0 Å². The molecule has 3 rings (SSSR count). The van der Waals surface area contributed by atoms with Crippen molar-refractivity contribution in [2.75, 3.05) is 37.7 Å². The molecule has 0 saturated carbocycles. The van der Waals surface area contributed by atoms with Crippen molar-refractivity contribution in [2.45, 2.75) is 18.9 Å². The Hall–Kier alpha value is -1.40. The lowest BCUT2D eigenvalue weighted by molar-refractivity contribution is -0.133. The number of rotatable bonds is 3. The van der Waals surface area contributed by atoms with E-state index in [1.54, 1.807) is 0 Å². The fraction of sp³-hybridized carbons (Fsp3) is 0.562. The fourth-order valence-corrected chi connectivity index (χ4v) is 4.55. The Bertz CT molecular complexity index is 616. The van der Waals surface area contributed by atoms with E-state index in [0.29, 0.717) is 19.6 Å². The second kappa shape index (κ2) is 6.38. The molecule has 2 saturated heterocycles. The third-order valence-electron chi connectivity index (χ3n) is 4.55. The highest BCUT2D eigenvalue weighted by Gasteiger charge is 2.31. The molecule has 1 atom stereocenters. The molecule has 22 heavy (non-hydrogen) atoms. The van der Waals surface area contributed by atoms with Gasteiger partial charge in [0.25, 0.3) is 0 Å². The van der Waals surface area contributed by atoms with Crippen LogP contribution < -0.4 is 0 Å². The monoisotopic (exact) mass is 322 g/mol. The standard InChI is InChI=1S/C16H22N2O3S/c19-16(13-17-9-11-22(20,21)12-10-17)18-8-4-7-15(18)14-5-2-1-3-6-14/h1-3,5-6,15H,4,7-13H2/t15-/m0/s1. The summed E-state index contributed by atoms with van der Waals surface area (Å²) in [6, 6.07) is 10.3. The van der Waals surface area contributed by atoms with E-state index in [1.165, 1.54) is 5.56 Å². The van der Waals surface area contributed by atoms with Crippen LogP contribution in [0.5, 0.6) is 0 Å². The summed E-state index contributed by atoms with van der Waals surface area (Å²) in [5, 5.41) is 0. The van der Waals surface area contributed by atoms with E-state index in [0.717, 1.165) is 19.4 Å². The molecule has 2 heterocycles. The van der Waals surface area contributed by atoms with Crippen LogP contribution in [0.2, 0.25) is 0 Å². The number of sulfone groups is 1. The van der Waals surface area contributed by atoms with Gasteiger partial charge in [-0.1, -0.05) is 30.3 Å². The fourth-order valence-electron chi connectivity index (χ4n) is 3.28. The lowest BCUT2D eigenvalue weighted by Gasteiger charge is -2.30. The van der Waals surface area contributed by atoms with Gasteiger partial charge in [0, 0.05) is 19.6 Å². The van der Waals surface area contributed by atoms with Gasteiger partial charge in [0.15, 0.2) is 9.84 Å². The van der Waals surface area contributed by atoms with Gasteiger partial charge >= 0.3 is 0 Å². The number of carbonyl (C=O) groups excluding carboxylic acids is 1. The molecular weight excluding hydrogens is 300 g/mol. The van der Waals surface area contributed by atoms with Gasteiger partial charge in [-0.2, -0.15) is 0 Å². The van der Waals surface area contributed by atoms with Gasteiger partial charge < -0.3 is 4.90 Å². The first-order valence-electron chi connectivity index (χ1n) is 7.82. The van der Waals surface area contributed by atoms with E-state index >= 15 is 0 Å². The predicted molar refractivity (Wildman–Crippen MR) is 85.2 cm³/mol. The SMILES string of the molecule is O=C(CN1CCS(=O)(=O)CC1)N1CCC[C@H]1c1ccccc1. The van der Waals surface area contributed by atoms with Crippen LogP contribution >= 0.6 is 0 Å². The highest BCUT2D eigenvalue weighted by molar-refractivity contribution is 7.91. The van der Waals surface area contributed by atoms with Crippen LogP contribution in [0.1, 0.15) is 24.4 Å². The topological polar surface area (TPSA) is 57.7 Å². The summed E-state index contributed by atoms with van der Waals surface area (Å²) in [7, 11) is -2.89. The third kappa shape index (κ3) is 3.50. The second-order valence-corrected chi connectivity index (χ2v) is 8.39. The van der Waals surface area contributed by atoms with Crippen molar-refractivity contribution < 1.29 is 13.2 Å². The average molecular weight is 322 g/mol. The zero-order valence-electron chi connectivity index (χ0n) is 12.6. The van der Waals surface area contributed by atoms with Crippen LogP contribution in [0.15, 0.2) is 30.3 Å². The number of likely N-dealkylation sites (tertiary alicyclic amines) is 1. The summed E-state index contributed by atoms with van der Waals surface area (Å²) >= 11 is 0. The number of nitrogens with zero attached hydrogens (tertiary/aromatic N) is 2. The molecular formula is C16H22N2O3S. The zero-order valence-corrected chi connectivity index (χ0v) is 13.5. The molecule has 0 unspecified atom stereocenters. The van der Waals surface area contributed by atoms with Gasteiger partial charge in [-0.15, -0.1) is 0 Å². The van der Waals surface area contributed by atoms with E-state index < -0.39 is 9.84 Å². The summed E-state index contributed by atoms with van der Waals surface area (Å²) in [5.74, 6) is 0.454. The smallest absolute Gasteiger partial charge is 0.237 e. The summed E-state index contributed by atoms with van der Waals surface area (Å²) < 4.78 is 22.9. The van der Waals surface area contributed by atoms with E-state index in [9.17, 15) is 13.2 Å². The molecule has 0 radical (unpaired) electrons. The Balaban J connectivity index is 1.62. The molecule has 0 aromatic heterocycles. The normalized spacial score (nSPS) is 25.3. The molecule has 2 aliphatic heterocycles. The average Bonchev–Trinajstić information content (AvgIpc) is 3.00. The molecule has 2 aliphatic rings. The highest BCUT2D eigenvalue weighted by Crippen LogP contribution is 2.31. The van der Waals surface area contributed by atoms with E-state index in [-0.39, 0.29) is 23.5 Å². The minimum absolute atomic E-state index is 0.116. The first-order valence-corrected chi connectivity index (χ1v) is 9.64. The van der Waals surface area contributed by atoms with Crippen molar-refractivity contribution in [3.63, 3.8) is 0 Å². The molecule has 0 spiro atoms. The van der Waals surface area contributed by atoms with Crippen LogP contribution in [-0.2, 0) is 14.6 Å². The predicted octanol–water partition coefficient (Wildman–Crippen LogP) is 1.08. The van der Waals surface area contributed by atoms with Crippen LogP contribution in [0, 0.1) is 0 Å². The van der Waals surface area contributed by atoms with Gasteiger partial charge in [-0.25, -0.2) is 8.42 Å². The minimum atomic E-state index is -2.89. The Morgan fingerprint density at radius 2 is 1.77 bits per heavy atom. The molecule has 5 nitrogen and oxygen atoms in total. The lowest BCUT2D eigenvalue weighted by atomic mass is 10.0. The second-order valence-electron chi connectivity index (χ2n) is 6.08. The van der Waals surface area contributed by atoms with Gasteiger partial charge in [0.2, 0.25) is 5.91 Å². The van der Waals surface area contributed by atoms with E-state index in [4.69, 9.17) is 0 Å². The summed E-state index contributed by atoms with van der Waals surface area (Å²) in [4.78, 5) is 16.5. The maximum Gasteiger partial charge on any atom is 0.237 e. The van der Waals surface area contributed by atoms with Crippen molar-refractivity contribution in [2.24, 2.45) is 0 Å². The summed E-state index contributed by atoms with van der Waals surface area (Å²) in [5.41, 5.74) is 1.19. The lowest BCUT2D eigenvalue weighted by Crippen LogP contribution is -2.46. The molecule has 1 aromatic carbocycles. The van der Waals surface area contributed by atoms with Crippen LogP contribution in [-0.4, -0.2) is 61.8 Å². The molecule has 1 aromatic rings. The first kappa shape index (κ1) is 15.5. The molecule has 0 aliphatic carbocycles. The van der Waals surface area contributed by atoms with Gasteiger partial charge in [0.05, 0.1) is 24.1 Å². The van der Waals surface area contributed by atoms with Crippen LogP contribution in [0.4, 0.5) is 0 Å². The Morgan fingerprint density at radius 3 is 2.45 bits per heavy atom. The number of hydrogen-bond acceptors (Lipinski definition) is 4. The number of carbonyl (C=O) groups is 1. The Labute approximate surface area is 131 Å². The highest BCUT2D eigenvalue weighted by atomic mass is 32.2. The van der Waals surface area contributed by atoms with Crippen LogP contribution in [0.3, 0.4) is 0 Å². The Morgan fingerprint density at radius 1 is 1.09 bits per heavy atom. The number of benzene rings is 1. The molecule has 1 amide bonds. The van der Waals surface area contributed by atoms with Crippen molar-refractivity contribution in [1.29, 1.82) is 0 Å². The maximum atomic E-state index is 12.6. The van der Waals surface area contributed by atoms with E-state index in [1.807, 2.05) is 28.0 Å². The zero-order chi connectivity index (χ0) is 15.6. The Kier molecular flexibility index (Phi) is 4.49. The molecule has 120 valence electrons. The van der Waals surface area contributed by atoms with Gasteiger partial charge in [0.1, 0.15) is 0 Å². The summed E-state index contributed by atoms with van der Waals surface area (Å²) in [6.07, 6.45) is 2.03. The number of amides is 1. The van der Waals surface area contributed by atoms with Crippen molar-refractivity contribution in [3.8, 4) is 0 Å². The number of hydrogen-bond donors (Lipinski definition) is 0. The van der Waals surface area contributed by atoms with E-state index in [2.05, 4.69) is 12.1 Å².